The van der Waals surface area contributed by atoms with E-state index in [-0.39, 0.29) is 5.91 Å². The highest BCUT2D eigenvalue weighted by Gasteiger charge is 2.25. The molecule has 98 valence electrons. The molecular weight excluding hydrogens is 228 g/mol. The largest absolute Gasteiger partial charge is 0.372 e. The van der Waals surface area contributed by atoms with Crippen molar-refractivity contribution in [1.82, 2.24) is 4.90 Å². The fourth-order valence-electron chi connectivity index (χ4n) is 2.22. The van der Waals surface area contributed by atoms with E-state index >= 15 is 0 Å². The molecule has 0 N–H and O–H groups in total. The maximum Gasteiger partial charge on any atom is 0.255 e. The van der Waals surface area contributed by atoms with Gasteiger partial charge < -0.3 is 14.5 Å². The molecule has 1 unspecified atom stereocenters. The first-order valence-electron chi connectivity index (χ1n) is 6.24. The zero-order valence-corrected chi connectivity index (χ0v) is 11.2. The molecular formula is C14H20N2O2. The van der Waals surface area contributed by atoms with Gasteiger partial charge in [-0.3, -0.25) is 4.79 Å². The Labute approximate surface area is 108 Å². The molecule has 0 aromatic heterocycles. The number of rotatable bonds is 2. The molecule has 2 rings (SSSR count). The van der Waals surface area contributed by atoms with Gasteiger partial charge in [0, 0.05) is 32.4 Å². The van der Waals surface area contributed by atoms with Crippen LogP contribution in [0.15, 0.2) is 24.3 Å². The molecule has 4 heteroatoms. The SMILES string of the molecule is COC(C)C(=O)N1CCN(C)Cc2ccccc21. The summed E-state index contributed by atoms with van der Waals surface area (Å²) in [7, 11) is 3.64. The van der Waals surface area contributed by atoms with Crippen molar-refractivity contribution in [3.05, 3.63) is 29.8 Å². The molecule has 1 amide bonds. The second-order valence-corrected chi connectivity index (χ2v) is 4.73. The van der Waals surface area contributed by atoms with E-state index in [9.17, 15) is 4.79 Å². The number of carbonyl (C=O) groups is 1. The maximum absolute atomic E-state index is 12.3. The normalized spacial score (nSPS) is 18.1. The van der Waals surface area contributed by atoms with E-state index in [1.807, 2.05) is 23.1 Å². The van der Waals surface area contributed by atoms with Gasteiger partial charge in [0.2, 0.25) is 0 Å². The number of anilines is 1. The van der Waals surface area contributed by atoms with Crippen LogP contribution in [-0.2, 0) is 16.1 Å². The third kappa shape index (κ3) is 2.54. The first-order chi connectivity index (χ1) is 8.63. The van der Waals surface area contributed by atoms with Crippen molar-refractivity contribution >= 4 is 11.6 Å². The molecule has 4 nitrogen and oxygen atoms in total. The van der Waals surface area contributed by atoms with Crippen LogP contribution in [-0.4, -0.2) is 44.2 Å². The van der Waals surface area contributed by atoms with Crippen LogP contribution in [0.3, 0.4) is 0 Å². The molecule has 1 aliphatic rings. The Morgan fingerprint density at radius 1 is 1.33 bits per heavy atom. The molecule has 1 aliphatic heterocycles. The summed E-state index contributed by atoms with van der Waals surface area (Å²) in [4.78, 5) is 16.4. The average molecular weight is 248 g/mol. The van der Waals surface area contributed by atoms with Crippen molar-refractivity contribution < 1.29 is 9.53 Å². The first kappa shape index (κ1) is 13.1. The minimum absolute atomic E-state index is 0.0280. The number of para-hydroxylation sites is 1. The Hall–Kier alpha value is -1.39. The summed E-state index contributed by atoms with van der Waals surface area (Å²) in [6.45, 7) is 4.25. The minimum Gasteiger partial charge on any atom is -0.372 e. The van der Waals surface area contributed by atoms with Gasteiger partial charge in [0.1, 0.15) is 6.10 Å². The van der Waals surface area contributed by atoms with Crippen LogP contribution >= 0.6 is 0 Å². The number of fused-ring (bicyclic) bond motifs is 1. The summed E-state index contributed by atoms with van der Waals surface area (Å²) in [6.07, 6.45) is -0.401. The van der Waals surface area contributed by atoms with E-state index in [0.717, 1.165) is 18.8 Å². The van der Waals surface area contributed by atoms with E-state index < -0.39 is 6.10 Å². The van der Waals surface area contributed by atoms with Crippen LogP contribution in [0.5, 0.6) is 0 Å². The monoisotopic (exact) mass is 248 g/mol. The number of methoxy groups -OCH3 is 1. The Balaban J connectivity index is 2.34. The molecule has 0 bridgehead atoms. The van der Waals surface area contributed by atoms with Crippen molar-refractivity contribution in [2.75, 3.05) is 32.1 Å². The Morgan fingerprint density at radius 3 is 2.78 bits per heavy atom. The molecule has 0 saturated carbocycles. The molecule has 1 aromatic rings. The zero-order chi connectivity index (χ0) is 13.1. The summed E-state index contributed by atoms with van der Waals surface area (Å²) in [6, 6.07) is 8.08. The van der Waals surface area contributed by atoms with Gasteiger partial charge in [0.05, 0.1) is 0 Å². The molecule has 1 atom stereocenters. The van der Waals surface area contributed by atoms with Crippen molar-refractivity contribution in [2.24, 2.45) is 0 Å². The van der Waals surface area contributed by atoms with Gasteiger partial charge in [0.15, 0.2) is 0 Å². The topological polar surface area (TPSA) is 32.8 Å². The Morgan fingerprint density at radius 2 is 2.06 bits per heavy atom. The Kier molecular flexibility index (Phi) is 3.99. The van der Waals surface area contributed by atoms with Crippen molar-refractivity contribution in [3.8, 4) is 0 Å². The van der Waals surface area contributed by atoms with Gasteiger partial charge in [-0.1, -0.05) is 18.2 Å². The lowest BCUT2D eigenvalue weighted by Crippen LogP contribution is -2.41. The third-order valence-electron chi connectivity index (χ3n) is 3.40. The van der Waals surface area contributed by atoms with Gasteiger partial charge in [-0.2, -0.15) is 0 Å². The third-order valence-corrected chi connectivity index (χ3v) is 3.40. The van der Waals surface area contributed by atoms with Crippen molar-refractivity contribution in [1.29, 1.82) is 0 Å². The molecule has 0 radical (unpaired) electrons. The lowest BCUT2D eigenvalue weighted by atomic mass is 10.1. The number of likely N-dealkylation sites (N-methyl/N-ethyl adjacent to an activating group) is 1. The summed E-state index contributed by atoms with van der Waals surface area (Å²) in [5.74, 6) is 0.0280. The lowest BCUT2D eigenvalue weighted by molar-refractivity contribution is -0.127. The van der Waals surface area contributed by atoms with E-state index in [1.54, 1.807) is 14.0 Å². The number of carbonyl (C=O) groups excluding carboxylic acids is 1. The van der Waals surface area contributed by atoms with Crippen LogP contribution in [0.4, 0.5) is 5.69 Å². The number of hydrogen-bond donors (Lipinski definition) is 0. The lowest BCUT2D eigenvalue weighted by Gasteiger charge is -2.25. The fraction of sp³-hybridized carbons (Fsp3) is 0.500. The van der Waals surface area contributed by atoms with Gasteiger partial charge >= 0.3 is 0 Å². The number of nitrogens with zero attached hydrogens (tertiary/aromatic N) is 2. The van der Waals surface area contributed by atoms with Gasteiger partial charge in [0.25, 0.3) is 5.91 Å². The molecule has 1 aromatic carbocycles. The molecule has 1 heterocycles. The summed E-state index contributed by atoms with van der Waals surface area (Å²) in [5.41, 5.74) is 2.20. The highest BCUT2D eigenvalue weighted by molar-refractivity contribution is 5.97. The average Bonchev–Trinajstić information content (AvgIpc) is 2.55. The number of benzene rings is 1. The van der Waals surface area contributed by atoms with E-state index in [0.29, 0.717) is 6.54 Å². The predicted molar refractivity (Wildman–Crippen MR) is 71.6 cm³/mol. The van der Waals surface area contributed by atoms with Crippen LogP contribution in [0.2, 0.25) is 0 Å². The molecule has 0 saturated heterocycles. The second-order valence-electron chi connectivity index (χ2n) is 4.73. The van der Waals surface area contributed by atoms with E-state index in [4.69, 9.17) is 4.74 Å². The summed E-state index contributed by atoms with van der Waals surface area (Å²) in [5, 5.41) is 0. The first-order valence-corrected chi connectivity index (χ1v) is 6.24. The molecule has 0 spiro atoms. The van der Waals surface area contributed by atoms with Gasteiger partial charge in [-0.15, -0.1) is 0 Å². The highest BCUT2D eigenvalue weighted by Crippen LogP contribution is 2.25. The van der Waals surface area contributed by atoms with Gasteiger partial charge in [-0.05, 0) is 25.6 Å². The maximum atomic E-state index is 12.3. The highest BCUT2D eigenvalue weighted by atomic mass is 16.5. The number of ether oxygens (including phenoxy) is 1. The standard InChI is InChI=1S/C14H20N2O2/c1-11(18-3)14(17)16-9-8-15(2)10-12-6-4-5-7-13(12)16/h4-7,11H,8-10H2,1-3H3. The number of hydrogen-bond acceptors (Lipinski definition) is 3. The fourth-order valence-corrected chi connectivity index (χ4v) is 2.22. The number of amides is 1. The second kappa shape index (κ2) is 5.50. The van der Waals surface area contributed by atoms with Crippen LogP contribution in [0.1, 0.15) is 12.5 Å². The van der Waals surface area contributed by atoms with Crippen LogP contribution < -0.4 is 4.90 Å². The van der Waals surface area contributed by atoms with E-state index in [1.165, 1.54) is 5.56 Å². The quantitative estimate of drug-likeness (QED) is 0.795. The van der Waals surface area contributed by atoms with E-state index in [2.05, 4.69) is 18.0 Å². The van der Waals surface area contributed by atoms with Gasteiger partial charge in [-0.25, -0.2) is 0 Å². The summed E-state index contributed by atoms with van der Waals surface area (Å²) < 4.78 is 5.14. The van der Waals surface area contributed by atoms with Crippen molar-refractivity contribution in [2.45, 2.75) is 19.6 Å². The molecule has 18 heavy (non-hydrogen) atoms. The molecule has 0 fully saturated rings. The molecule has 0 aliphatic carbocycles. The summed E-state index contributed by atoms with van der Waals surface area (Å²) >= 11 is 0. The minimum atomic E-state index is -0.401. The predicted octanol–water partition coefficient (Wildman–Crippen LogP) is 1.50. The smallest absolute Gasteiger partial charge is 0.255 e. The zero-order valence-electron chi connectivity index (χ0n) is 11.2. The Bertz CT molecular complexity index is 434. The van der Waals surface area contributed by atoms with Crippen LogP contribution in [0, 0.1) is 0 Å². The van der Waals surface area contributed by atoms with Crippen LogP contribution in [0.25, 0.3) is 0 Å². The van der Waals surface area contributed by atoms with Crippen molar-refractivity contribution in [3.63, 3.8) is 0 Å².